The third-order valence-electron chi connectivity index (χ3n) is 5.24. The van der Waals surface area contributed by atoms with Crippen LogP contribution in [-0.2, 0) is 0 Å². The molecule has 0 bridgehead atoms. The van der Waals surface area contributed by atoms with Gasteiger partial charge in [-0.3, -0.25) is 0 Å². The van der Waals surface area contributed by atoms with Gasteiger partial charge in [-0.1, -0.05) is 84.5 Å². The first-order valence-electron chi connectivity index (χ1n) is 9.60. The molecular weight excluding hydrogens is 326 g/mol. The summed E-state index contributed by atoms with van der Waals surface area (Å²) in [6.45, 7) is 2.21. The number of benzene rings is 2. The molecule has 0 unspecified atom stereocenters. The van der Waals surface area contributed by atoms with E-state index in [1.54, 1.807) is 0 Å². The van der Waals surface area contributed by atoms with E-state index in [4.69, 9.17) is 5.73 Å². The molecule has 2 aliphatic rings. The molecule has 1 heteroatoms. The van der Waals surface area contributed by atoms with Crippen molar-refractivity contribution in [2.45, 2.75) is 26.2 Å². The predicted octanol–water partition coefficient (Wildman–Crippen LogP) is 6.33. The van der Waals surface area contributed by atoms with Gasteiger partial charge in [0.2, 0.25) is 0 Å². The minimum absolute atomic E-state index is 0.923. The van der Waals surface area contributed by atoms with Crippen LogP contribution in [0.5, 0.6) is 0 Å². The van der Waals surface area contributed by atoms with Gasteiger partial charge in [0.1, 0.15) is 0 Å². The second kappa shape index (κ2) is 7.67. The average Bonchev–Trinajstić information content (AvgIpc) is 3.14. The summed E-state index contributed by atoms with van der Waals surface area (Å²) >= 11 is 0. The van der Waals surface area contributed by atoms with E-state index in [-0.39, 0.29) is 0 Å². The van der Waals surface area contributed by atoms with Crippen molar-refractivity contribution in [2.24, 2.45) is 5.73 Å². The average molecular weight is 351 g/mol. The van der Waals surface area contributed by atoms with Crippen LogP contribution in [0, 0.1) is 0 Å². The lowest BCUT2D eigenvalue weighted by molar-refractivity contribution is 0.898. The molecule has 2 aliphatic carbocycles. The molecule has 0 fully saturated rings. The van der Waals surface area contributed by atoms with E-state index in [0.717, 1.165) is 25.0 Å². The second-order valence-corrected chi connectivity index (χ2v) is 7.30. The van der Waals surface area contributed by atoms with Crippen molar-refractivity contribution in [3.8, 4) is 0 Å². The zero-order valence-electron chi connectivity index (χ0n) is 15.8. The van der Waals surface area contributed by atoms with Gasteiger partial charge in [0.15, 0.2) is 0 Å². The molecule has 0 spiro atoms. The van der Waals surface area contributed by atoms with Crippen LogP contribution in [0.15, 0.2) is 113 Å². The van der Waals surface area contributed by atoms with Crippen molar-refractivity contribution >= 4 is 5.57 Å². The molecule has 0 saturated heterocycles. The maximum absolute atomic E-state index is 6.05. The maximum Gasteiger partial charge on any atom is 0.00839 e. The minimum atomic E-state index is 0.923. The molecule has 2 aromatic rings. The summed E-state index contributed by atoms with van der Waals surface area (Å²) in [5, 5.41) is 0. The third kappa shape index (κ3) is 3.73. The van der Waals surface area contributed by atoms with Gasteiger partial charge in [0.05, 0.1) is 0 Å². The van der Waals surface area contributed by atoms with Crippen molar-refractivity contribution < 1.29 is 0 Å². The van der Waals surface area contributed by atoms with Crippen LogP contribution >= 0.6 is 0 Å². The Hall–Kier alpha value is -3.06. The van der Waals surface area contributed by atoms with E-state index >= 15 is 0 Å². The van der Waals surface area contributed by atoms with Crippen LogP contribution in [0.25, 0.3) is 5.57 Å². The molecule has 0 amide bonds. The summed E-state index contributed by atoms with van der Waals surface area (Å²) in [5.41, 5.74) is 16.4. The Balaban J connectivity index is 1.98. The van der Waals surface area contributed by atoms with Crippen molar-refractivity contribution in [2.75, 3.05) is 0 Å². The lowest BCUT2D eigenvalue weighted by Gasteiger charge is -2.23. The highest BCUT2D eigenvalue weighted by Crippen LogP contribution is 2.40. The summed E-state index contributed by atoms with van der Waals surface area (Å²) in [5.74, 6) is 0. The second-order valence-electron chi connectivity index (χ2n) is 7.30. The van der Waals surface area contributed by atoms with Crippen molar-refractivity contribution in [1.82, 2.24) is 0 Å². The smallest absolute Gasteiger partial charge is 0.00839 e. The highest BCUT2D eigenvalue weighted by molar-refractivity contribution is 5.88. The predicted molar refractivity (Wildman–Crippen MR) is 115 cm³/mol. The van der Waals surface area contributed by atoms with Crippen molar-refractivity contribution in [3.05, 3.63) is 124 Å². The topological polar surface area (TPSA) is 26.0 Å². The zero-order valence-corrected chi connectivity index (χ0v) is 15.8. The molecule has 4 rings (SSSR count). The fourth-order valence-corrected chi connectivity index (χ4v) is 3.89. The van der Waals surface area contributed by atoms with Gasteiger partial charge in [-0.2, -0.15) is 0 Å². The molecule has 0 radical (unpaired) electrons. The molecule has 0 saturated carbocycles. The number of hydrogen-bond donors (Lipinski definition) is 1. The van der Waals surface area contributed by atoms with E-state index in [1.165, 1.54) is 39.0 Å². The SMILES string of the molecule is CC1=CC=C(C(C2=CC=C(N)CC2)=C(c2ccccc2)c2ccccc2)C1. The van der Waals surface area contributed by atoms with Crippen molar-refractivity contribution in [1.29, 1.82) is 0 Å². The summed E-state index contributed by atoms with van der Waals surface area (Å²) in [6.07, 6.45) is 11.7. The molecular formula is C26H25N. The van der Waals surface area contributed by atoms with Gasteiger partial charge in [-0.25, -0.2) is 0 Å². The van der Waals surface area contributed by atoms with Gasteiger partial charge in [-0.15, -0.1) is 0 Å². The van der Waals surface area contributed by atoms with Gasteiger partial charge in [0.25, 0.3) is 0 Å². The van der Waals surface area contributed by atoms with Crippen LogP contribution in [0.3, 0.4) is 0 Å². The van der Waals surface area contributed by atoms with E-state index in [2.05, 4.69) is 91.9 Å². The first-order chi connectivity index (χ1) is 13.2. The van der Waals surface area contributed by atoms with Crippen molar-refractivity contribution in [3.63, 3.8) is 0 Å². The Bertz CT molecular complexity index is 942. The largest absolute Gasteiger partial charge is 0.402 e. The molecule has 0 heterocycles. The minimum Gasteiger partial charge on any atom is -0.402 e. The van der Waals surface area contributed by atoms with Gasteiger partial charge in [-0.05, 0) is 65.7 Å². The Kier molecular flexibility index (Phi) is 4.93. The molecule has 2 N–H and O–H groups in total. The van der Waals surface area contributed by atoms with Gasteiger partial charge >= 0.3 is 0 Å². The quantitative estimate of drug-likeness (QED) is 0.684. The van der Waals surface area contributed by atoms with Gasteiger partial charge < -0.3 is 5.73 Å². The molecule has 0 aliphatic heterocycles. The molecule has 0 atom stereocenters. The van der Waals surface area contributed by atoms with Crippen LogP contribution in [0.1, 0.15) is 37.3 Å². The monoisotopic (exact) mass is 351 g/mol. The summed E-state index contributed by atoms with van der Waals surface area (Å²) in [4.78, 5) is 0. The number of rotatable bonds is 4. The summed E-state index contributed by atoms with van der Waals surface area (Å²) < 4.78 is 0. The van der Waals surface area contributed by atoms with E-state index in [9.17, 15) is 0 Å². The fraction of sp³-hybridized carbons (Fsp3) is 0.154. The molecule has 2 aromatic carbocycles. The lowest BCUT2D eigenvalue weighted by Crippen LogP contribution is -2.07. The number of nitrogens with two attached hydrogens (primary N) is 1. The molecule has 27 heavy (non-hydrogen) atoms. The Morgan fingerprint density at radius 3 is 1.74 bits per heavy atom. The van der Waals surface area contributed by atoms with Crippen LogP contribution < -0.4 is 5.73 Å². The lowest BCUT2D eigenvalue weighted by atomic mass is 9.82. The van der Waals surface area contributed by atoms with Crippen LogP contribution in [0.2, 0.25) is 0 Å². The first kappa shape index (κ1) is 17.4. The van der Waals surface area contributed by atoms with E-state index < -0.39 is 0 Å². The standard InChI is InChI=1S/C26H25N/c1-19-12-13-23(18-19)26(22-14-16-24(27)17-15-22)25(20-8-4-2-5-9-20)21-10-6-3-7-11-21/h2-14,16H,15,17-18,27H2,1H3. The number of allylic oxidation sites excluding steroid dienone is 9. The Labute approximate surface area is 161 Å². The summed E-state index contributed by atoms with van der Waals surface area (Å²) in [6, 6.07) is 21.5. The number of hydrogen-bond acceptors (Lipinski definition) is 1. The maximum atomic E-state index is 6.05. The zero-order chi connectivity index (χ0) is 18.6. The van der Waals surface area contributed by atoms with E-state index in [0.29, 0.717) is 0 Å². The normalized spacial score (nSPS) is 16.2. The summed E-state index contributed by atoms with van der Waals surface area (Å²) in [7, 11) is 0. The molecule has 0 aromatic heterocycles. The molecule has 134 valence electrons. The third-order valence-corrected chi connectivity index (χ3v) is 5.24. The van der Waals surface area contributed by atoms with Gasteiger partial charge in [0, 0.05) is 5.70 Å². The fourth-order valence-electron chi connectivity index (χ4n) is 3.89. The van der Waals surface area contributed by atoms with Crippen LogP contribution in [-0.4, -0.2) is 0 Å². The van der Waals surface area contributed by atoms with E-state index in [1.807, 2.05) is 0 Å². The molecule has 1 nitrogen and oxygen atoms in total. The Morgan fingerprint density at radius 1 is 0.667 bits per heavy atom. The Morgan fingerprint density at radius 2 is 1.26 bits per heavy atom. The highest BCUT2D eigenvalue weighted by atomic mass is 14.6. The highest BCUT2D eigenvalue weighted by Gasteiger charge is 2.21. The first-order valence-corrected chi connectivity index (χ1v) is 9.60. The van der Waals surface area contributed by atoms with Crippen LogP contribution in [0.4, 0.5) is 0 Å².